The zero-order valence-electron chi connectivity index (χ0n) is 14.7. The van der Waals surface area contributed by atoms with Crippen LogP contribution in [0, 0.1) is 0 Å². The van der Waals surface area contributed by atoms with E-state index in [2.05, 4.69) is 10.3 Å². The van der Waals surface area contributed by atoms with Gasteiger partial charge in [0.25, 0.3) is 0 Å². The predicted molar refractivity (Wildman–Crippen MR) is 87.5 cm³/mol. The van der Waals surface area contributed by atoms with Crippen molar-refractivity contribution < 1.29 is 29.5 Å². The van der Waals surface area contributed by atoms with Crippen LogP contribution in [0.3, 0.4) is 0 Å². The molecule has 25 heavy (non-hydrogen) atoms. The van der Waals surface area contributed by atoms with Crippen molar-refractivity contribution in [1.82, 2.24) is 15.0 Å². The Bertz CT molecular complexity index is 550. The fraction of sp³-hybridized carbons (Fsp3) is 0.750. The van der Waals surface area contributed by atoms with E-state index >= 15 is 0 Å². The SMILES string of the molecule is CC1O[C@@H](OC/C=C\COCc2cn(C(C)C)nn2)C(O)C(O)[C@@H]1O. The minimum atomic E-state index is -1.29. The molecule has 9 heteroatoms. The van der Waals surface area contributed by atoms with Crippen LogP contribution >= 0.6 is 0 Å². The van der Waals surface area contributed by atoms with Gasteiger partial charge in [0.2, 0.25) is 0 Å². The first-order valence-electron chi connectivity index (χ1n) is 8.35. The van der Waals surface area contributed by atoms with E-state index in [1.54, 1.807) is 23.8 Å². The second-order valence-electron chi connectivity index (χ2n) is 6.28. The first kappa shape index (κ1) is 20.0. The highest BCUT2D eigenvalue weighted by Crippen LogP contribution is 2.21. The molecular formula is C16H27N3O6. The minimum absolute atomic E-state index is 0.185. The van der Waals surface area contributed by atoms with E-state index in [4.69, 9.17) is 14.2 Å². The molecule has 1 aromatic rings. The van der Waals surface area contributed by atoms with Gasteiger partial charge in [-0.1, -0.05) is 17.4 Å². The molecule has 3 unspecified atom stereocenters. The lowest BCUT2D eigenvalue weighted by Gasteiger charge is -2.38. The Hall–Kier alpha value is -1.36. The molecule has 2 heterocycles. The summed E-state index contributed by atoms with van der Waals surface area (Å²) in [6.45, 7) is 6.58. The number of nitrogens with zero attached hydrogens (tertiary/aromatic N) is 3. The number of rotatable bonds is 8. The Morgan fingerprint density at radius 1 is 1.20 bits per heavy atom. The Balaban J connectivity index is 1.63. The van der Waals surface area contributed by atoms with Gasteiger partial charge in [-0.05, 0) is 20.8 Å². The van der Waals surface area contributed by atoms with Crippen LogP contribution in [-0.2, 0) is 20.8 Å². The highest BCUT2D eigenvalue weighted by Gasteiger charge is 2.42. The zero-order chi connectivity index (χ0) is 18.4. The normalized spacial score (nSPS) is 30.4. The maximum Gasteiger partial charge on any atom is 0.186 e. The molecule has 0 spiro atoms. The van der Waals surface area contributed by atoms with Crippen molar-refractivity contribution >= 4 is 0 Å². The number of ether oxygens (including phenoxy) is 3. The number of aromatic nitrogens is 3. The zero-order valence-corrected chi connectivity index (χ0v) is 14.7. The lowest BCUT2D eigenvalue weighted by molar-refractivity contribution is -0.290. The molecule has 1 aliphatic heterocycles. The molecule has 3 N–H and O–H groups in total. The van der Waals surface area contributed by atoms with Crippen molar-refractivity contribution in [2.45, 2.75) is 64.1 Å². The fourth-order valence-corrected chi connectivity index (χ4v) is 2.30. The van der Waals surface area contributed by atoms with Crippen LogP contribution in [0.4, 0.5) is 0 Å². The van der Waals surface area contributed by atoms with E-state index in [1.807, 2.05) is 20.0 Å². The summed E-state index contributed by atoms with van der Waals surface area (Å²) in [5.74, 6) is 0. The molecule has 1 fully saturated rings. The molecule has 0 saturated carbocycles. The summed E-state index contributed by atoms with van der Waals surface area (Å²) in [4.78, 5) is 0. The quantitative estimate of drug-likeness (QED) is 0.431. The van der Waals surface area contributed by atoms with E-state index in [0.29, 0.717) is 13.2 Å². The topological polar surface area (TPSA) is 119 Å². The molecule has 1 aliphatic rings. The lowest BCUT2D eigenvalue weighted by Crippen LogP contribution is -2.57. The van der Waals surface area contributed by atoms with Crippen LogP contribution < -0.4 is 0 Å². The third-order valence-electron chi connectivity index (χ3n) is 3.88. The number of aliphatic hydroxyl groups is 3. The van der Waals surface area contributed by atoms with Crippen LogP contribution in [-0.4, -0.2) is 74.2 Å². The van der Waals surface area contributed by atoms with Crippen molar-refractivity contribution in [1.29, 1.82) is 0 Å². The van der Waals surface area contributed by atoms with Gasteiger partial charge in [0.1, 0.15) is 24.0 Å². The highest BCUT2D eigenvalue weighted by atomic mass is 16.7. The molecule has 0 amide bonds. The maximum atomic E-state index is 9.81. The number of hydrogen-bond donors (Lipinski definition) is 3. The smallest absolute Gasteiger partial charge is 0.186 e. The second kappa shape index (κ2) is 9.37. The third kappa shape index (κ3) is 5.56. The van der Waals surface area contributed by atoms with Crippen LogP contribution in [0.15, 0.2) is 18.3 Å². The molecule has 1 saturated heterocycles. The van der Waals surface area contributed by atoms with Crippen molar-refractivity contribution in [3.05, 3.63) is 24.0 Å². The molecule has 0 aliphatic carbocycles. The van der Waals surface area contributed by atoms with Gasteiger partial charge in [0.05, 0.1) is 32.1 Å². The highest BCUT2D eigenvalue weighted by molar-refractivity contribution is 4.91. The van der Waals surface area contributed by atoms with Gasteiger partial charge in [-0.3, -0.25) is 0 Å². The predicted octanol–water partition coefficient (Wildman–Crippen LogP) is -0.224. The lowest BCUT2D eigenvalue weighted by atomic mass is 10.0. The molecule has 142 valence electrons. The summed E-state index contributed by atoms with van der Waals surface area (Å²) >= 11 is 0. The molecule has 5 atom stereocenters. The summed E-state index contributed by atoms with van der Waals surface area (Å²) in [5, 5.41) is 37.1. The van der Waals surface area contributed by atoms with E-state index in [1.165, 1.54) is 0 Å². The summed E-state index contributed by atoms with van der Waals surface area (Å²) < 4.78 is 17.9. The second-order valence-corrected chi connectivity index (χ2v) is 6.28. The Morgan fingerprint density at radius 3 is 2.60 bits per heavy atom. The van der Waals surface area contributed by atoms with Gasteiger partial charge in [0.15, 0.2) is 6.29 Å². The minimum Gasteiger partial charge on any atom is -0.388 e. The van der Waals surface area contributed by atoms with Crippen molar-refractivity contribution in [3.8, 4) is 0 Å². The van der Waals surface area contributed by atoms with Gasteiger partial charge >= 0.3 is 0 Å². The maximum absolute atomic E-state index is 9.81. The summed E-state index contributed by atoms with van der Waals surface area (Å²) in [7, 11) is 0. The van der Waals surface area contributed by atoms with Crippen LogP contribution in [0.1, 0.15) is 32.5 Å². The van der Waals surface area contributed by atoms with Crippen molar-refractivity contribution in [2.24, 2.45) is 0 Å². The summed E-state index contributed by atoms with van der Waals surface area (Å²) in [5.41, 5.74) is 0.763. The Kier molecular flexibility index (Phi) is 7.48. The average molecular weight is 357 g/mol. The molecular weight excluding hydrogens is 330 g/mol. The molecule has 1 aromatic heterocycles. The average Bonchev–Trinajstić information content (AvgIpc) is 3.05. The molecule has 0 radical (unpaired) electrons. The summed E-state index contributed by atoms with van der Waals surface area (Å²) in [6, 6.07) is 0.262. The fourth-order valence-electron chi connectivity index (χ4n) is 2.30. The largest absolute Gasteiger partial charge is 0.388 e. The third-order valence-corrected chi connectivity index (χ3v) is 3.88. The van der Waals surface area contributed by atoms with Crippen LogP contribution in [0.25, 0.3) is 0 Å². The monoisotopic (exact) mass is 357 g/mol. The van der Waals surface area contributed by atoms with Crippen LogP contribution in [0.2, 0.25) is 0 Å². The van der Waals surface area contributed by atoms with Crippen molar-refractivity contribution in [3.63, 3.8) is 0 Å². The van der Waals surface area contributed by atoms with E-state index in [0.717, 1.165) is 5.69 Å². The van der Waals surface area contributed by atoms with Gasteiger partial charge in [-0.25, -0.2) is 4.68 Å². The van der Waals surface area contributed by atoms with Gasteiger partial charge in [-0.2, -0.15) is 0 Å². The van der Waals surface area contributed by atoms with Gasteiger partial charge in [-0.15, -0.1) is 5.10 Å². The van der Waals surface area contributed by atoms with Crippen LogP contribution in [0.5, 0.6) is 0 Å². The molecule has 0 aromatic carbocycles. The first-order chi connectivity index (χ1) is 11.9. The summed E-state index contributed by atoms with van der Waals surface area (Å²) in [6.07, 6.45) is 0.0345. The van der Waals surface area contributed by atoms with Gasteiger partial charge < -0.3 is 29.5 Å². The van der Waals surface area contributed by atoms with Crippen molar-refractivity contribution in [2.75, 3.05) is 13.2 Å². The Labute approximate surface area is 146 Å². The molecule has 9 nitrogen and oxygen atoms in total. The van der Waals surface area contributed by atoms with Gasteiger partial charge in [0, 0.05) is 6.04 Å². The number of hydrogen-bond acceptors (Lipinski definition) is 8. The standard InChI is InChI=1S/C16H27N3O6/c1-10(2)19-8-12(17-18-19)9-23-6-4-5-7-24-16-15(22)14(21)13(20)11(3)25-16/h4-5,8,10-11,13-16,20-22H,6-7,9H2,1-3H3/b5-4-/t11?,13-,14?,15?,16-/m1/s1. The van der Waals surface area contributed by atoms with E-state index in [9.17, 15) is 15.3 Å². The Morgan fingerprint density at radius 2 is 1.92 bits per heavy atom. The molecule has 0 bridgehead atoms. The first-order valence-corrected chi connectivity index (χ1v) is 8.35. The van der Waals surface area contributed by atoms with E-state index < -0.39 is 30.7 Å². The molecule has 2 rings (SSSR count). The van der Waals surface area contributed by atoms with E-state index in [-0.39, 0.29) is 12.6 Å². The number of aliphatic hydroxyl groups excluding tert-OH is 3.